The quantitative estimate of drug-likeness (QED) is 0.341. The van der Waals surface area contributed by atoms with Crippen LogP contribution in [0.1, 0.15) is 64.7 Å². The summed E-state index contributed by atoms with van der Waals surface area (Å²) in [5.41, 5.74) is 7.76. The number of aromatic nitrogens is 2. The molecule has 38 heavy (non-hydrogen) atoms. The molecular weight excluding hydrogens is 486 g/mol. The Morgan fingerprint density at radius 2 is 1.82 bits per heavy atom. The van der Waals surface area contributed by atoms with E-state index in [4.69, 9.17) is 15.5 Å². The van der Waals surface area contributed by atoms with Crippen LogP contribution >= 0.6 is 0 Å². The number of aliphatic hydroxyl groups is 1. The molecule has 2 atom stereocenters. The molecule has 0 saturated carbocycles. The monoisotopic (exact) mass is 529 g/mol. The smallest absolute Gasteiger partial charge is 0.410 e. The molecule has 5 N–H and O–H groups in total. The summed E-state index contributed by atoms with van der Waals surface area (Å²) in [7, 11) is 3.48. The molecule has 210 valence electrons. The van der Waals surface area contributed by atoms with Crippen molar-refractivity contribution < 1.29 is 19.4 Å². The Hall–Kier alpha value is -3.44. The molecule has 0 fully saturated rings. The average Bonchev–Trinajstić information content (AvgIpc) is 2.82. The molecule has 1 aromatic heterocycles. The molecule has 2 rings (SSSR count). The first-order valence-corrected chi connectivity index (χ1v) is 12.7. The van der Waals surface area contributed by atoms with Gasteiger partial charge in [-0.25, -0.2) is 14.8 Å². The number of carbonyl (C=O) groups excluding carboxylic acids is 2. The van der Waals surface area contributed by atoms with E-state index in [1.165, 1.54) is 11.9 Å². The lowest BCUT2D eigenvalue weighted by atomic mass is 10.1. The van der Waals surface area contributed by atoms with E-state index < -0.39 is 24.0 Å². The molecule has 0 saturated heterocycles. The van der Waals surface area contributed by atoms with Gasteiger partial charge in [-0.15, -0.1) is 0 Å². The second-order valence-electron chi connectivity index (χ2n) is 10.6. The van der Waals surface area contributed by atoms with Gasteiger partial charge in [0.2, 0.25) is 5.91 Å². The molecule has 0 aliphatic heterocycles. The molecule has 0 spiro atoms. The highest BCUT2D eigenvalue weighted by molar-refractivity contribution is 5.85. The number of aliphatic hydroxyl groups excluding tert-OH is 1. The van der Waals surface area contributed by atoms with Gasteiger partial charge in [0, 0.05) is 32.4 Å². The van der Waals surface area contributed by atoms with E-state index in [1.807, 2.05) is 43.1 Å². The molecule has 0 aliphatic carbocycles. The Labute approximate surface area is 225 Å². The van der Waals surface area contributed by atoms with Crippen LogP contribution in [0, 0.1) is 6.92 Å². The van der Waals surface area contributed by atoms with Crippen molar-refractivity contribution in [1.29, 1.82) is 0 Å². The number of benzene rings is 1. The summed E-state index contributed by atoms with van der Waals surface area (Å²) in [6.07, 6.45) is -1.28. The van der Waals surface area contributed by atoms with Crippen LogP contribution in [0.25, 0.3) is 0 Å². The minimum Gasteiger partial charge on any atom is -0.444 e. The Balaban J connectivity index is 2.08. The first kappa shape index (κ1) is 30.8. The van der Waals surface area contributed by atoms with Crippen molar-refractivity contribution in [1.82, 2.24) is 20.2 Å². The largest absolute Gasteiger partial charge is 0.444 e. The van der Waals surface area contributed by atoms with Crippen LogP contribution in [-0.4, -0.2) is 70.3 Å². The highest BCUT2D eigenvalue weighted by Crippen LogP contribution is 2.27. The van der Waals surface area contributed by atoms with E-state index in [9.17, 15) is 14.7 Å². The van der Waals surface area contributed by atoms with E-state index in [0.717, 1.165) is 11.3 Å². The van der Waals surface area contributed by atoms with Crippen LogP contribution in [0.3, 0.4) is 0 Å². The fourth-order valence-electron chi connectivity index (χ4n) is 3.49. The molecule has 0 bridgehead atoms. The maximum absolute atomic E-state index is 12.6. The van der Waals surface area contributed by atoms with E-state index >= 15 is 0 Å². The zero-order chi connectivity index (χ0) is 28.8. The summed E-state index contributed by atoms with van der Waals surface area (Å²) in [6.45, 7) is 13.3. The number of hydrogen-bond donors (Lipinski definition) is 4. The van der Waals surface area contributed by atoms with Gasteiger partial charge in [0.1, 0.15) is 23.6 Å². The van der Waals surface area contributed by atoms with Gasteiger partial charge >= 0.3 is 6.09 Å². The molecule has 2 amide bonds. The highest BCUT2D eigenvalue weighted by Gasteiger charge is 2.26. The Morgan fingerprint density at radius 3 is 2.39 bits per heavy atom. The Kier molecular flexibility index (Phi) is 10.4. The second kappa shape index (κ2) is 12.9. The van der Waals surface area contributed by atoms with Crippen molar-refractivity contribution in [2.75, 3.05) is 30.9 Å². The predicted octanol–water partition coefficient (Wildman–Crippen LogP) is 3.24. The number of nitrogens with zero attached hydrogens (tertiary/aromatic N) is 4. The number of aryl methyl sites for hydroxylation is 1. The lowest BCUT2D eigenvalue weighted by Gasteiger charge is -2.28. The third-order valence-corrected chi connectivity index (χ3v) is 6.01. The van der Waals surface area contributed by atoms with Gasteiger partial charge in [-0.2, -0.15) is 0 Å². The first-order valence-electron chi connectivity index (χ1n) is 12.7. The molecule has 11 heteroatoms. The van der Waals surface area contributed by atoms with Gasteiger partial charge in [0.15, 0.2) is 11.6 Å². The fourth-order valence-corrected chi connectivity index (χ4v) is 3.49. The topological polar surface area (TPSA) is 146 Å². The van der Waals surface area contributed by atoms with Gasteiger partial charge in [0.25, 0.3) is 0 Å². The minimum absolute atomic E-state index is 0.203. The third-order valence-electron chi connectivity index (χ3n) is 6.01. The number of hydrogen-bond acceptors (Lipinski definition) is 9. The molecule has 0 radical (unpaired) electrons. The Morgan fingerprint density at radius 1 is 1.16 bits per heavy atom. The van der Waals surface area contributed by atoms with Crippen molar-refractivity contribution in [2.24, 2.45) is 5.73 Å². The standard InChI is InChI=1S/C27H43N7O4/c1-16(2)33(8)24-17(3)30-21(22(28)35)23(32-24)31-20-12-10-11-19(15-20)13-14-29-25(36)18(4)34(9)26(37)38-27(5,6)7/h10-12,15-16,18,22,35H,13-14,28H2,1-9H3,(H,29,36)(H,31,32)/t18-,22?/m0/s1. The molecule has 1 unspecified atom stereocenters. The number of nitrogens with one attached hydrogen (secondary N) is 2. The van der Waals surface area contributed by atoms with Crippen molar-refractivity contribution in [3.05, 3.63) is 41.2 Å². The van der Waals surface area contributed by atoms with Gasteiger partial charge < -0.3 is 31.1 Å². The number of likely N-dealkylation sites (N-methyl/N-ethyl adjacent to an activating group) is 1. The first-order chi connectivity index (χ1) is 17.6. The van der Waals surface area contributed by atoms with Crippen LogP contribution < -0.4 is 21.3 Å². The summed E-state index contributed by atoms with van der Waals surface area (Å²) < 4.78 is 5.33. The van der Waals surface area contributed by atoms with Gasteiger partial charge in [-0.05, 0) is 72.6 Å². The number of nitrogens with two attached hydrogens (primary N) is 1. The number of anilines is 3. The highest BCUT2D eigenvalue weighted by atomic mass is 16.6. The molecular formula is C27H43N7O4. The van der Waals surface area contributed by atoms with Gasteiger partial charge in [0.05, 0.1) is 5.69 Å². The summed E-state index contributed by atoms with van der Waals surface area (Å²) in [5, 5.41) is 16.2. The number of ether oxygens (including phenoxy) is 1. The fraction of sp³-hybridized carbons (Fsp3) is 0.556. The van der Waals surface area contributed by atoms with Crippen LogP contribution in [-0.2, 0) is 16.0 Å². The number of carbonyl (C=O) groups is 2. The van der Waals surface area contributed by atoms with Gasteiger partial charge in [-0.1, -0.05) is 12.1 Å². The lowest BCUT2D eigenvalue weighted by Crippen LogP contribution is -2.47. The van der Waals surface area contributed by atoms with Crippen LogP contribution in [0.4, 0.5) is 22.1 Å². The van der Waals surface area contributed by atoms with Crippen molar-refractivity contribution in [3.8, 4) is 0 Å². The maximum Gasteiger partial charge on any atom is 0.410 e. The maximum atomic E-state index is 12.6. The molecule has 1 heterocycles. The number of rotatable bonds is 10. The van der Waals surface area contributed by atoms with E-state index in [0.29, 0.717) is 30.3 Å². The van der Waals surface area contributed by atoms with Crippen molar-refractivity contribution in [2.45, 2.75) is 78.8 Å². The summed E-state index contributed by atoms with van der Waals surface area (Å²) in [6, 6.07) is 7.17. The number of amides is 2. The second-order valence-corrected chi connectivity index (χ2v) is 10.6. The molecule has 11 nitrogen and oxygen atoms in total. The van der Waals surface area contributed by atoms with Crippen LogP contribution in [0.5, 0.6) is 0 Å². The Bertz CT molecular complexity index is 1120. The minimum atomic E-state index is -1.29. The third kappa shape index (κ3) is 8.56. The van der Waals surface area contributed by atoms with E-state index in [1.54, 1.807) is 27.7 Å². The molecule has 1 aromatic carbocycles. The SMILES string of the molecule is Cc1nc(C(N)O)c(Nc2cccc(CCNC(=O)[C@H](C)N(C)C(=O)OC(C)(C)C)c2)nc1N(C)C(C)C. The van der Waals surface area contributed by atoms with Crippen molar-refractivity contribution in [3.63, 3.8) is 0 Å². The molecule has 2 aromatic rings. The predicted molar refractivity (Wildman–Crippen MR) is 149 cm³/mol. The summed E-state index contributed by atoms with van der Waals surface area (Å²) in [5.74, 6) is 0.791. The van der Waals surface area contributed by atoms with Gasteiger partial charge in [-0.3, -0.25) is 9.69 Å². The summed E-state index contributed by atoms with van der Waals surface area (Å²) in [4.78, 5) is 37.3. The van der Waals surface area contributed by atoms with Crippen LogP contribution in [0.2, 0.25) is 0 Å². The van der Waals surface area contributed by atoms with E-state index in [2.05, 4.69) is 29.5 Å². The zero-order valence-electron chi connectivity index (χ0n) is 24.0. The molecule has 0 aliphatic rings. The van der Waals surface area contributed by atoms with E-state index in [-0.39, 0.29) is 17.6 Å². The van der Waals surface area contributed by atoms with Crippen LogP contribution in [0.15, 0.2) is 24.3 Å². The van der Waals surface area contributed by atoms with Crippen molar-refractivity contribution >= 4 is 29.3 Å². The average molecular weight is 530 g/mol. The normalized spacial score (nSPS) is 13.1. The lowest BCUT2D eigenvalue weighted by molar-refractivity contribution is -0.125. The zero-order valence-corrected chi connectivity index (χ0v) is 24.0. The summed E-state index contributed by atoms with van der Waals surface area (Å²) >= 11 is 0.